The van der Waals surface area contributed by atoms with E-state index in [9.17, 15) is 13.2 Å². The van der Waals surface area contributed by atoms with E-state index in [1.165, 1.54) is 30.3 Å². The summed E-state index contributed by atoms with van der Waals surface area (Å²) in [4.78, 5) is 0. The minimum Gasteiger partial charge on any atom is -0.382 e. The Morgan fingerprint density at radius 1 is 1.11 bits per heavy atom. The van der Waals surface area contributed by atoms with Gasteiger partial charge in [0, 0.05) is 35.8 Å². The molecule has 1 fully saturated rings. The van der Waals surface area contributed by atoms with E-state index >= 15 is 0 Å². The van der Waals surface area contributed by atoms with Crippen LogP contribution in [-0.4, -0.2) is 25.9 Å². The third-order valence-corrected chi connectivity index (χ3v) is 5.25. The van der Waals surface area contributed by atoms with Crippen molar-refractivity contribution in [1.29, 1.82) is 0 Å². The van der Waals surface area contributed by atoms with Crippen molar-refractivity contribution in [3.63, 3.8) is 0 Å². The van der Waals surface area contributed by atoms with Gasteiger partial charge in [0.2, 0.25) is 0 Å². The first-order valence-corrected chi connectivity index (χ1v) is 9.64. The van der Waals surface area contributed by atoms with Crippen LogP contribution in [0.5, 0.6) is 0 Å². The first kappa shape index (κ1) is 20.6. The van der Waals surface area contributed by atoms with Crippen molar-refractivity contribution in [1.82, 2.24) is 0 Å². The van der Waals surface area contributed by atoms with Gasteiger partial charge in [0.1, 0.15) is 5.82 Å². The lowest BCUT2D eigenvalue weighted by Crippen LogP contribution is -2.26. The van der Waals surface area contributed by atoms with Crippen molar-refractivity contribution in [2.75, 3.05) is 19.8 Å². The van der Waals surface area contributed by atoms with Crippen LogP contribution in [0.15, 0.2) is 36.9 Å². The van der Waals surface area contributed by atoms with E-state index in [1.807, 2.05) is 6.92 Å². The number of benzene rings is 2. The summed E-state index contributed by atoms with van der Waals surface area (Å²) in [7, 11) is 0. The molecule has 2 nitrogen and oxygen atoms in total. The van der Waals surface area contributed by atoms with Crippen molar-refractivity contribution in [2.24, 2.45) is 0 Å². The van der Waals surface area contributed by atoms with Crippen molar-refractivity contribution < 1.29 is 22.6 Å². The van der Waals surface area contributed by atoms with E-state index in [0.29, 0.717) is 19.8 Å². The summed E-state index contributed by atoms with van der Waals surface area (Å²) in [6.45, 7) is 7.30. The molecule has 1 heterocycles. The van der Waals surface area contributed by atoms with E-state index in [-0.39, 0.29) is 28.7 Å². The maximum atomic E-state index is 14.7. The van der Waals surface area contributed by atoms with Crippen LogP contribution in [0.4, 0.5) is 13.2 Å². The zero-order valence-electron chi connectivity index (χ0n) is 16.0. The molecule has 2 atom stereocenters. The van der Waals surface area contributed by atoms with Gasteiger partial charge in [0.15, 0.2) is 11.6 Å². The topological polar surface area (TPSA) is 18.5 Å². The molecule has 1 aliphatic rings. The standard InChI is InChI=1S/C23H25F3O2/c1-3-15-6-10-20(23(26)22(15)25)19-9-7-16(13-21(19)24)17-5-8-18(28-14-17)11-12-27-4-2/h3,6-7,9-10,13,17-18H,1,4-5,8,11-12,14H2,2H3. The fourth-order valence-corrected chi connectivity index (χ4v) is 3.59. The van der Waals surface area contributed by atoms with Gasteiger partial charge in [-0.05, 0) is 37.8 Å². The Balaban J connectivity index is 1.72. The van der Waals surface area contributed by atoms with E-state index in [0.717, 1.165) is 24.8 Å². The van der Waals surface area contributed by atoms with Crippen LogP contribution < -0.4 is 0 Å². The predicted octanol–water partition coefficient (Wildman–Crippen LogP) is 6.10. The average Bonchev–Trinajstić information content (AvgIpc) is 2.71. The summed E-state index contributed by atoms with van der Waals surface area (Å²) in [5.74, 6) is -2.56. The molecule has 1 saturated heterocycles. The molecule has 2 aromatic rings. The molecule has 0 spiro atoms. The fraction of sp³-hybridized carbons (Fsp3) is 0.391. The molecular weight excluding hydrogens is 365 g/mol. The normalized spacial score (nSPS) is 19.6. The van der Waals surface area contributed by atoms with Gasteiger partial charge in [-0.3, -0.25) is 0 Å². The van der Waals surface area contributed by atoms with E-state index < -0.39 is 17.5 Å². The Kier molecular flexibility index (Phi) is 6.92. The quantitative estimate of drug-likeness (QED) is 0.532. The molecule has 0 bridgehead atoms. The summed E-state index contributed by atoms with van der Waals surface area (Å²) >= 11 is 0. The minimum atomic E-state index is -1.07. The van der Waals surface area contributed by atoms with Crippen LogP contribution in [0.25, 0.3) is 17.2 Å². The summed E-state index contributed by atoms with van der Waals surface area (Å²) in [5.41, 5.74) is 0.815. The highest BCUT2D eigenvalue weighted by molar-refractivity contribution is 5.67. The number of hydrogen-bond acceptors (Lipinski definition) is 2. The van der Waals surface area contributed by atoms with Gasteiger partial charge < -0.3 is 9.47 Å². The number of ether oxygens (including phenoxy) is 2. The largest absolute Gasteiger partial charge is 0.382 e. The van der Waals surface area contributed by atoms with Gasteiger partial charge in [0.05, 0.1) is 12.7 Å². The van der Waals surface area contributed by atoms with Gasteiger partial charge in [0.25, 0.3) is 0 Å². The molecule has 2 aromatic carbocycles. The Labute approximate surface area is 164 Å². The molecule has 2 unspecified atom stereocenters. The molecule has 0 radical (unpaired) electrons. The van der Waals surface area contributed by atoms with Gasteiger partial charge in [-0.25, -0.2) is 13.2 Å². The van der Waals surface area contributed by atoms with Crippen molar-refractivity contribution in [3.8, 4) is 11.1 Å². The van der Waals surface area contributed by atoms with Crippen LogP contribution in [0.2, 0.25) is 0 Å². The molecular formula is C23H25F3O2. The van der Waals surface area contributed by atoms with E-state index in [4.69, 9.17) is 9.47 Å². The van der Waals surface area contributed by atoms with Gasteiger partial charge in [-0.1, -0.05) is 36.9 Å². The second-order valence-corrected chi connectivity index (χ2v) is 6.99. The molecule has 5 heteroatoms. The van der Waals surface area contributed by atoms with Gasteiger partial charge in [-0.15, -0.1) is 0 Å². The highest BCUT2D eigenvalue weighted by atomic mass is 19.2. The monoisotopic (exact) mass is 390 g/mol. The zero-order valence-corrected chi connectivity index (χ0v) is 16.0. The maximum absolute atomic E-state index is 14.7. The molecule has 0 N–H and O–H groups in total. The van der Waals surface area contributed by atoms with Crippen molar-refractivity contribution in [3.05, 3.63) is 65.5 Å². The molecule has 1 aliphatic heterocycles. The lowest BCUT2D eigenvalue weighted by Gasteiger charge is -2.29. The molecule has 3 rings (SSSR count). The van der Waals surface area contributed by atoms with Crippen LogP contribution >= 0.6 is 0 Å². The molecule has 0 saturated carbocycles. The highest BCUT2D eigenvalue weighted by Gasteiger charge is 2.24. The smallest absolute Gasteiger partial charge is 0.167 e. The van der Waals surface area contributed by atoms with Gasteiger partial charge in [-0.2, -0.15) is 0 Å². The first-order chi connectivity index (χ1) is 13.5. The first-order valence-electron chi connectivity index (χ1n) is 9.64. The van der Waals surface area contributed by atoms with Crippen molar-refractivity contribution >= 4 is 6.08 Å². The summed E-state index contributed by atoms with van der Waals surface area (Å²) in [5, 5.41) is 0. The van der Waals surface area contributed by atoms with Crippen LogP contribution in [0.1, 0.15) is 43.2 Å². The average molecular weight is 390 g/mol. The van der Waals surface area contributed by atoms with Crippen molar-refractivity contribution in [2.45, 2.75) is 38.2 Å². The molecule has 0 aromatic heterocycles. The number of rotatable bonds is 7. The molecule has 0 aliphatic carbocycles. The Morgan fingerprint density at radius 3 is 2.54 bits per heavy atom. The molecule has 150 valence electrons. The predicted molar refractivity (Wildman–Crippen MR) is 105 cm³/mol. The Hall–Kier alpha value is -2.11. The van der Waals surface area contributed by atoms with Crippen LogP contribution in [0, 0.1) is 17.5 Å². The number of hydrogen-bond donors (Lipinski definition) is 0. The third kappa shape index (κ3) is 4.47. The fourth-order valence-electron chi connectivity index (χ4n) is 3.59. The van der Waals surface area contributed by atoms with Crippen LogP contribution in [-0.2, 0) is 9.47 Å². The summed E-state index contributed by atoms with van der Waals surface area (Å²) < 4.78 is 54.3. The SMILES string of the molecule is C=Cc1ccc(-c2ccc(C3CCC(CCOCC)OC3)cc2F)c(F)c1F. The van der Waals surface area contributed by atoms with E-state index in [1.54, 1.807) is 6.07 Å². The highest BCUT2D eigenvalue weighted by Crippen LogP contribution is 2.34. The van der Waals surface area contributed by atoms with E-state index in [2.05, 4.69) is 6.58 Å². The molecule has 0 amide bonds. The molecule has 28 heavy (non-hydrogen) atoms. The summed E-state index contributed by atoms with van der Waals surface area (Å²) in [6, 6.07) is 7.46. The second kappa shape index (κ2) is 9.39. The lowest BCUT2D eigenvalue weighted by atomic mass is 9.89. The van der Waals surface area contributed by atoms with Gasteiger partial charge >= 0.3 is 0 Å². The van der Waals surface area contributed by atoms with Crippen LogP contribution in [0.3, 0.4) is 0 Å². The Bertz CT molecular complexity index is 827. The second-order valence-electron chi connectivity index (χ2n) is 6.99. The third-order valence-electron chi connectivity index (χ3n) is 5.25. The number of halogens is 3. The summed E-state index contributed by atoms with van der Waals surface area (Å²) in [6.07, 6.45) is 4.05. The zero-order chi connectivity index (χ0) is 20.1. The minimum absolute atomic E-state index is 0.0436. The maximum Gasteiger partial charge on any atom is 0.167 e. The lowest BCUT2D eigenvalue weighted by molar-refractivity contribution is -0.0163. The Morgan fingerprint density at radius 2 is 1.89 bits per heavy atom.